The number of anilines is 1. The number of nitrogens with zero attached hydrogens (tertiary/aromatic N) is 3. The summed E-state index contributed by atoms with van der Waals surface area (Å²) in [5, 5.41) is 9.22. The monoisotopic (exact) mass is 522 g/mol. The average molecular weight is 523 g/mol. The van der Waals surface area contributed by atoms with Crippen molar-refractivity contribution in [3.63, 3.8) is 0 Å². The average Bonchev–Trinajstić information content (AvgIpc) is 3.29. The fourth-order valence-corrected chi connectivity index (χ4v) is 5.40. The van der Waals surface area contributed by atoms with E-state index in [1.807, 2.05) is 30.3 Å². The molecule has 182 valence electrons. The first kappa shape index (κ1) is 24.6. The van der Waals surface area contributed by atoms with Gasteiger partial charge in [-0.3, -0.25) is 4.98 Å². The van der Waals surface area contributed by atoms with Crippen molar-refractivity contribution >= 4 is 26.9 Å². The number of aromatic nitrogens is 3. The van der Waals surface area contributed by atoms with Crippen molar-refractivity contribution in [2.75, 3.05) is 12.8 Å². The number of methoxy groups -OCH3 is 1. The Morgan fingerprint density at radius 2 is 1.69 bits per heavy atom. The highest BCUT2D eigenvalue weighted by molar-refractivity contribution is 7.91. The lowest BCUT2D eigenvalue weighted by molar-refractivity contribution is -0.274. The van der Waals surface area contributed by atoms with Crippen molar-refractivity contribution in [3.8, 4) is 16.5 Å². The zero-order valence-corrected chi connectivity index (χ0v) is 19.6. The van der Waals surface area contributed by atoms with E-state index in [1.165, 1.54) is 17.4 Å². The van der Waals surface area contributed by atoms with E-state index in [9.17, 15) is 21.6 Å². The molecule has 4 aromatic rings. The van der Waals surface area contributed by atoms with Crippen LogP contribution >= 0.6 is 11.3 Å². The van der Waals surface area contributed by atoms with Crippen molar-refractivity contribution in [2.45, 2.75) is 22.3 Å². The van der Waals surface area contributed by atoms with E-state index in [2.05, 4.69) is 19.9 Å². The van der Waals surface area contributed by atoms with E-state index >= 15 is 0 Å². The van der Waals surface area contributed by atoms with Gasteiger partial charge in [0.05, 0.1) is 15.5 Å². The molecule has 0 aliphatic heterocycles. The van der Waals surface area contributed by atoms with Gasteiger partial charge in [0.25, 0.3) is 0 Å². The molecule has 0 amide bonds. The van der Waals surface area contributed by atoms with Crippen LogP contribution < -0.4 is 10.5 Å². The van der Waals surface area contributed by atoms with Crippen molar-refractivity contribution in [3.05, 3.63) is 77.4 Å². The minimum absolute atomic E-state index is 0.0412. The molecule has 13 heteroatoms. The zero-order valence-electron chi connectivity index (χ0n) is 17.9. The van der Waals surface area contributed by atoms with E-state index in [1.54, 1.807) is 7.11 Å². The Balaban J connectivity index is 1.59. The number of hydrogen-bond acceptors (Lipinski definition) is 9. The Bertz CT molecular complexity index is 1430. The number of hydrogen-bond donors (Lipinski definition) is 1. The highest BCUT2D eigenvalue weighted by Gasteiger charge is 2.31. The lowest BCUT2D eigenvalue weighted by atomic mass is 10.1. The summed E-state index contributed by atoms with van der Waals surface area (Å²) >= 11 is 1.20. The summed E-state index contributed by atoms with van der Waals surface area (Å²) in [5.74, 6) is -0.540. The minimum atomic E-state index is -4.89. The molecule has 0 unspecified atom stereocenters. The third-order valence-corrected chi connectivity index (χ3v) is 7.49. The molecule has 2 heterocycles. The molecule has 35 heavy (non-hydrogen) atoms. The molecule has 4 rings (SSSR count). The van der Waals surface area contributed by atoms with Crippen LogP contribution in [0.1, 0.15) is 16.7 Å². The molecule has 0 fully saturated rings. The van der Waals surface area contributed by atoms with Gasteiger partial charge in [-0.15, -0.1) is 23.4 Å². The molecule has 1 atom stereocenters. The quantitative estimate of drug-likeness (QED) is 0.373. The van der Waals surface area contributed by atoms with Crippen LogP contribution in [-0.4, -0.2) is 37.1 Å². The van der Waals surface area contributed by atoms with Gasteiger partial charge in [0, 0.05) is 13.3 Å². The van der Waals surface area contributed by atoms with Crippen LogP contribution in [0.15, 0.2) is 76.7 Å². The predicted octanol–water partition coefficient (Wildman–Crippen LogP) is 4.65. The second kappa shape index (κ2) is 9.60. The lowest BCUT2D eigenvalue weighted by Gasteiger charge is -2.11. The third-order valence-electron chi connectivity index (χ3n) is 4.78. The molecule has 0 spiro atoms. The van der Waals surface area contributed by atoms with Crippen molar-refractivity contribution in [1.82, 2.24) is 15.2 Å². The van der Waals surface area contributed by atoms with Gasteiger partial charge in [-0.05, 0) is 35.9 Å². The second-order valence-corrected chi connectivity index (χ2v) is 10.1. The smallest absolute Gasteiger partial charge is 0.406 e. The molecular weight excluding hydrogens is 505 g/mol. The normalized spacial score (nSPS) is 12.9. The molecule has 2 aromatic carbocycles. The van der Waals surface area contributed by atoms with Gasteiger partial charge in [0.1, 0.15) is 17.5 Å². The van der Waals surface area contributed by atoms with Crippen molar-refractivity contribution in [1.29, 1.82) is 0 Å². The largest absolute Gasteiger partial charge is 0.573 e. The van der Waals surface area contributed by atoms with E-state index < -0.39 is 28.1 Å². The number of halogens is 3. The van der Waals surface area contributed by atoms with E-state index in [0.717, 1.165) is 36.0 Å². The zero-order chi connectivity index (χ0) is 25.2. The maximum Gasteiger partial charge on any atom is 0.573 e. The van der Waals surface area contributed by atoms with Gasteiger partial charge in [0.15, 0.2) is 10.0 Å². The van der Waals surface area contributed by atoms with Crippen LogP contribution in [0.4, 0.5) is 18.9 Å². The number of ether oxygens (including phenoxy) is 2. The fourth-order valence-electron chi connectivity index (χ4n) is 3.19. The highest BCUT2D eigenvalue weighted by atomic mass is 32.2. The third kappa shape index (κ3) is 5.42. The number of nitrogens with two attached hydrogens (primary N) is 1. The topological polar surface area (TPSA) is 117 Å². The van der Waals surface area contributed by atoms with Crippen LogP contribution in [0.3, 0.4) is 0 Å². The van der Waals surface area contributed by atoms with E-state index in [4.69, 9.17) is 10.5 Å². The van der Waals surface area contributed by atoms with Crippen molar-refractivity contribution < 1.29 is 31.1 Å². The first-order valence-electron chi connectivity index (χ1n) is 9.86. The van der Waals surface area contributed by atoms with Crippen LogP contribution in [0.25, 0.3) is 10.7 Å². The Morgan fingerprint density at radius 3 is 2.29 bits per heavy atom. The number of nitrogen functional groups attached to an aromatic ring is 1. The summed E-state index contributed by atoms with van der Waals surface area (Å²) in [4.78, 5) is 3.69. The second-order valence-electron chi connectivity index (χ2n) is 7.10. The molecule has 0 radical (unpaired) electrons. The van der Waals surface area contributed by atoms with Gasteiger partial charge < -0.3 is 15.2 Å². The first-order valence-corrected chi connectivity index (χ1v) is 12.2. The summed E-state index contributed by atoms with van der Waals surface area (Å²) in [6.45, 7) is 0. The number of rotatable bonds is 7. The summed E-state index contributed by atoms with van der Waals surface area (Å²) in [7, 11) is -2.55. The lowest BCUT2D eigenvalue weighted by Crippen LogP contribution is -2.17. The van der Waals surface area contributed by atoms with Crippen LogP contribution in [-0.2, 0) is 14.6 Å². The summed E-state index contributed by atoms with van der Waals surface area (Å²) in [5.41, 5.74) is 7.25. The number of sulfone groups is 1. The van der Waals surface area contributed by atoms with E-state index in [0.29, 0.717) is 10.0 Å². The first-order chi connectivity index (χ1) is 16.6. The highest BCUT2D eigenvalue weighted by Crippen LogP contribution is 2.34. The molecule has 0 bridgehead atoms. The van der Waals surface area contributed by atoms with Gasteiger partial charge in [-0.2, -0.15) is 0 Å². The molecule has 0 saturated carbocycles. The van der Waals surface area contributed by atoms with Crippen LogP contribution in [0, 0.1) is 0 Å². The number of benzene rings is 2. The molecule has 0 aliphatic carbocycles. The molecule has 0 aliphatic rings. The Morgan fingerprint density at radius 1 is 1.00 bits per heavy atom. The maximum absolute atomic E-state index is 12.9. The van der Waals surface area contributed by atoms with Gasteiger partial charge in [-0.1, -0.05) is 41.7 Å². The summed E-state index contributed by atoms with van der Waals surface area (Å²) in [6, 6.07) is 14.5. The maximum atomic E-state index is 12.9. The Kier molecular flexibility index (Phi) is 6.74. The molecule has 2 aromatic heterocycles. The minimum Gasteiger partial charge on any atom is -0.406 e. The van der Waals surface area contributed by atoms with E-state index in [-0.39, 0.29) is 21.2 Å². The Hall–Kier alpha value is -3.55. The van der Waals surface area contributed by atoms with Gasteiger partial charge in [0.2, 0.25) is 9.84 Å². The van der Waals surface area contributed by atoms with Crippen LogP contribution in [0.2, 0.25) is 0 Å². The fraction of sp³-hybridized carbons (Fsp3) is 0.136. The molecular formula is C22H17F3N4O4S2. The number of alkyl halides is 3. The molecule has 0 saturated heterocycles. The Labute approximate surface area is 202 Å². The van der Waals surface area contributed by atoms with Gasteiger partial charge in [-0.25, -0.2) is 8.42 Å². The molecule has 2 N–H and O–H groups in total. The number of pyridine rings is 1. The predicted molar refractivity (Wildman–Crippen MR) is 121 cm³/mol. The standard InChI is InChI=1S/C22H17F3N4O4S2/c1-32-19(13-5-3-2-4-6-13)21-29-28-20(34-21)18-17(26)11-16(12-27-18)35(30,31)15-9-7-14(8-10-15)33-22(23,24)25/h2-12,19H,26H2,1H3/t19-/m0/s1. The van der Waals surface area contributed by atoms with Crippen LogP contribution in [0.5, 0.6) is 5.75 Å². The SMILES string of the molecule is CO[C@@H](c1ccccc1)c1nnc(-c2ncc(S(=O)(=O)c3ccc(OC(F)(F)F)cc3)cc2N)s1. The molecule has 8 nitrogen and oxygen atoms in total. The summed E-state index contributed by atoms with van der Waals surface area (Å²) < 4.78 is 72.2. The summed E-state index contributed by atoms with van der Waals surface area (Å²) in [6.07, 6.45) is -4.23. The van der Waals surface area contributed by atoms with Crippen molar-refractivity contribution in [2.24, 2.45) is 0 Å². The van der Waals surface area contributed by atoms with Gasteiger partial charge >= 0.3 is 6.36 Å².